The molecule has 3 aromatic carbocycles. The molecule has 3 heteroatoms. The van der Waals surface area contributed by atoms with Gasteiger partial charge in [0.25, 0.3) is 0 Å². The molecule has 0 aliphatic carbocycles. The van der Waals surface area contributed by atoms with Crippen LogP contribution in [0, 0.1) is 0 Å². The maximum atomic E-state index is 5.69. The van der Waals surface area contributed by atoms with Crippen molar-refractivity contribution in [2.24, 2.45) is 0 Å². The third kappa shape index (κ3) is 3.94. The molecule has 0 saturated heterocycles. The van der Waals surface area contributed by atoms with E-state index in [0.717, 1.165) is 6.54 Å². The molecule has 124 valence electrons. The number of hydrogen-bond acceptors (Lipinski definition) is 3. The van der Waals surface area contributed by atoms with E-state index < -0.39 is 0 Å². The Morgan fingerprint density at radius 2 is 1.50 bits per heavy atom. The molecule has 0 atom stereocenters. The van der Waals surface area contributed by atoms with Gasteiger partial charge in [0.2, 0.25) is 0 Å². The summed E-state index contributed by atoms with van der Waals surface area (Å²) in [6.07, 6.45) is 0. The molecule has 0 aliphatic rings. The van der Waals surface area contributed by atoms with Crippen molar-refractivity contribution in [1.82, 2.24) is 0 Å². The molecule has 3 rings (SSSR count). The van der Waals surface area contributed by atoms with Crippen LogP contribution >= 0.6 is 0 Å². The van der Waals surface area contributed by atoms with E-state index >= 15 is 0 Å². The van der Waals surface area contributed by atoms with Crippen LogP contribution in [0.5, 0.6) is 0 Å². The normalized spacial score (nSPS) is 10.9. The lowest BCUT2D eigenvalue weighted by atomic mass is 10.1. The Kier molecular flexibility index (Phi) is 5.83. The van der Waals surface area contributed by atoms with E-state index in [1.54, 1.807) is 7.11 Å². The number of benzene rings is 3. The van der Waals surface area contributed by atoms with Crippen molar-refractivity contribution in [3.05, 3.63) is 72.8 Å². The predicted octanol–water partition coefficient (Wildman–Crippen LogP) is 4.64. The standard InChI is InChI=1S/C21H23NO2/c1-23-16-17-24-15-14-22(19-10-3-2-4-11-19)21-13-7-9-18-8-5-6-12-20(18)21/h2-13H,14-17H2,1H3. The van der Waals surface area contributed by atoms with Crippen LogP contribution in [-0.4, -0.2) is 33.5 Å². The van der Waals surface area contributed by atoms with Crippen LogP contribution in [0.25, 0.3) is 10.8 Å². The van der Waals surface area contributed by atoms with E-state index in [9.17, 15) is 0 Å². The maximum Gasteiger partial charge on any atom is 0.0701 e. The summed E-state index contributed by atoms with van der Waals surface area (Å²) in [5.74, 6) is 0. The second-order valence-corrected chi connectivity index (χ2v) is 5.59. The number of para-hydroxylation sites is 1. The Morgan fingerprint density at radius 3 is 2.33 bits per heavy atom. The Labute approximate surface area is 143 Å². The van der Waals surface area contributed by atoms with Gasteiger partial charge in [0.1, 0.15) is 0 Å². The lowest BCUT2D eigenvalue weighted by Gasteiger charge is -2.26. The third-order valence-corrected chi connectivity index (χ3v) is 4.02. The molecule has 0 amide bonds. The Balaban J connectivity index is 1.89. The van der Waals surface area contributed by atoms with Crippen molar-refractivity contribution in [2.45, 2.75) is 0 Å². The highest BCUT2D eigenvalue weighted by molar-refractivity contribution is 5.96. The molecule has 0 radical (unpaired) electrons. The number of ether oxygens (including phenoxy) is 2. The van der Waals surface area contributed by atoms with Gasteiger partial charge in [-0.05, 0) is 23.6 Å². The van der Waals surface area contributed by atoms with E-state index in [1.807, 2.05) is 6.07 Å². The number of methoxy groups -OCH3 is 1. The Hall–Kier alpha value is -2.36. The van der Waals surface area contributed by atoms with Crippen molar-refractivity contribution in [3.63, 3.8) is 0 Å². The van der Waals surface area contributed by atoms with Crippen molar-refractivity contribution >= 4 is 22.1 Å². The zero-order chi connectivity index (χ0) is 16.6. The first kappa shape index (κ1) is 16.5. The molecule has 0 unspecified atom stereocenters. The van der Waals surface area contributed by atoms with Gasteiger partial charge in [-0.1, -0.05) is 54.6 Å². The summed E-state index contributed by atoms with van der Waals surface area (Å²) in [6.45, 7) is 2.69. The second kappa shape index (κ2) is 8.48. The van der Waals surface area contributed by atoms with Crippen molar-refractivity contribution in [3.8, 4) is 0 Å². The molecule has 0 aromatic heterocycles. The molecule has 3 aromatic rings. The molecular formula is C21H23NO2. The molecule has 0 saturated carbocycles. The van der Waals surface area contributed by atoms with Crippen molar-refractivity contribution < 1.29 is 9.47 Å². The zero-order valence-corrected chi connectivity index (χ0v) is 14.0. The number of anilines is 2. The summed E-state index contributed by atoms with van der Waals surface area (Å²) in [6, 6.07) is 25.4. The summed E-state index contributed by atoms with van der Waals surface area (Å²) in [7, 11) is 1.69. The van der Waals surface area contributed by atoms with Crippen molar-refractivity contribution in [2.75, 3.05) is 38.4 Å². The van der Waals surface area contributed by atoms with Gasteiger partial charge in [-0.3, -0.25) is 0 Å². The Morgan fingerprint density at radius 1 is 0.750 bits per heavy atom. The molecule has 0 N–H and O–H groups in total. The van der Waals surface area contributed by atoms with Crippen LogP contribution in [0.4, 0.5) is 11.4 Å². The second-order valence-electron chi connectivity index (χ2n) is 5.59. The molecule has 0 heterocycles. The molecule has 0 aliphatic heterocycles. The molecule has 0 spiro atoms. The van der Waals surface area contributed by atoms with Crippen LogP contribution in [0.15, 0.2) is 72.8 Å². The van der Waals surface area contributed by atoms with E-state index in [0.29, 0.717) is 19.8 Å². The van der Waals surface area contributed by atoms with Crippen LogP contribution in [0.3, 0.4) is 0 Å². The van der Waals surface area contributed by atoms with Crippen LogP contribution in [0.1, 0.15) is 0 Å². The average molecular weight is 321 g/mol. The van der Waals surface area contributed by atoms with E-state index in [-0.39, 0.29) is 0 Å². The molecule has 0 bridgehead atoms. The number of nitrogens with zero attached hydrogens (tertiary/aromatic N) is 1. The van der Waals surface area contributed by atoms with Gasteiger partial charge in [0.15, 0.2) is 0 Å². The lowest BCUT2D eigenvalue weighted by molar-refractivity contribution is 0.0747. The lowest BCUT2D eigenvalue weighted by Crippen LogP contribution is -2.23. The van der Waals surface area contributed by atoms with Gasteiger partial charge < -0.3 is 14.4 Å². The maximum absolute atomic E-state index is 5.69. The van der Waals surface area contributed by atoms with Crippen LogP contribution < -0.4 is 4.90 Å². The first-order valence-corrected chi connectivity index (χ1v) is 8.27. The molecule has 0 fully saturated rings. The highest BCUT2D eigenvalue weighted by Gasteiger charge is 2.12. The van der Waals surface area contributed by atoms with Gasteiger partial charge in [0.05, 0.1) is 19.8 Å². The van der Waals surface area contributed by atoms with Gasteiger partial charge in [-0.15, -0.1) is 0 Å². The highest BCUT2D eigenvalue weighted by atomic mass is 16.5. The quantitative estimate of drug-likeness (QED) is 0.564. The van der Waals surface area contributed by atoms with Gasteiger partial charge in [-0.25, -0.2) is 0 Å². The largest absolute Gasteiger partial charge is 0.382 e. The monoisotopic (exact) mass is 321 g/mol. The van der Waals surface area contributed by atoms with E-state index in [1.165, 1.54) is 22.1 Å². The highest BCUT2D eigenvalue weighted by Crippen LogP contribution is 2.31. The zero-order valence-electron chi connectivity index (χ0n) is 14.0. The van der Waals surface area contributed by atoms with Crippen molar-refractivity contribution in [1.29, 1.82) is 0 Å². The summed E-state index contributed by atoms with van der Waals surface area (Å²) in [5.41, 5.74) is 2.37. The number of hydrogen-bond donors (Lipinski definition) is 0. The van der Waals surface area contributed by atoms with Gasteiger partial charge in [0, 0.05) is 30.4 Å². The minimum atomic E-state index is 0.620. The minimum absolute atomic E-state index is 0.620. The minimum Gasteiger partial charge on any atom is -0.382 e. The Bertz CT molecular complexity index is 753. The SMILES string of the molecule is COCCOCCN(c1ccccc1)c1cccc2ccccc12. The van der Waals surface area contributed by atoms with Gasteiger partial charge in [-0.2, -0.15) is 0 Å². The predicted molar refractivity (Wildman–Crippen MR) is 100 cm³/mol. The van der Waals surface area contributed by atoms with Crippen LogP contribution in [-0.2, 0) is 9.47 Å². The summed E-state index contributed by atoms with van der Waals surface area (Å²) in [5, 5.41) is 2.50. The topological polar surface area (TPSA) is 21.7 Å². The first-order valence-electron chi connectivity index (χ1n) is 8.27. The fourth-order valence-corrected chi connectivity index (χ4v) is 2.84. The summed E-state index contributed by atoms with van der Waals surface area (Å²) in [4.78, 5) is 2.31. The number of rotatable bonds is 8. The smallest absolute Gasteiger partial charge is 0.0701 e. The molecule has 24 heavy (non-hydrogen) atoms. The number of fused-ring (bicyclic) bond motifs is 1. The first-order chi connectivity index (χ1) is 11.9. The van der Waals surface area contributed by atoms with Gasteiger partial charge >= 0.3 is 0 Å². The fourth-order valence-electron chi connectivity index (χ4n) is 2.84. The summed E-state index contributed by atoms with van der Waals surface area (Å²) >= 11 is 0. The molecule has 3 nitrogen and oxygen atoms in total. The summed E-state index contributed by atoms with van der Waals surface area (Å²) < 4.78 is 10.7. The fraction of sp³-hybridized carbons (Fsp3) is 0.238. The van der Waals surface area contributed by atoms with E-state index in [4.69, 9.17) is 9.47 Å². The van der Waals surface area contributed by atoms with Crippen LogP contribution in [0.2, 0.25) is 0 Å². The average Bonchev–Trinajstić information content (AvgIpc) is 2.65. The molecular weight excluding hydrogens is 298 g/mol. The van der Waals surface area contributed by atoms with E-state index in [2.05, 4.69) is 71.6 Å². The third-order valence-electron chi connectivity index (χ3n) is 4.02.